The SMILES string of the molecule is CCCCC(CC)COC(=O)CCSc1ccc2ncn(CC3CCOCC3)c(=O)c2c1Cl. The fourth-order valence-electron chi connectivity index (χ4n) is 4.06. The second kappa shape index (κ2) is 13.4. The van der Waals surface area contributed by atoms with Crippen LogP contribution in [0, 0.1) is 11.8 Å². The summed E-state index contributed by atoms with van der Waals surface area (Å²) in [4.78, 5) is 30.5. The van der Waals surface area contributed by atoms with Crippen LogP contribution in [0.4, 0.5) is 0 Å². The molecular weight excluding hydrogens is 460 g/mol. The van der Waals surface area contributed by atoms with Crippen molar-refractivity contribution in [3.8, 4) is 0 Å². The summed E-state index contributed by atoms with van der Waals surface area (Å²) in [6.45, 7) is 6.91. The molecule has 2 heterocycles. The van der Waals surface area contributed by atoms with Crippen LogP contribution in [-0.2, 0) is 20.8 Å². The highest BCUT2D eigenvalue weighted by Crippen LogP contribution is 2.32. The zero-order valence-electron chi connectivity index (χ0n) is 19.7. The Bertz CT molecular complexity index is 975. The fourth-order valence-corrected chi connectivity index (χ4v) is 5.35. The molecular formula is C25H35ClN2O4S. The van der Waals surface area contributed by atoms with E-state index in [4.69, 9.17) is 21.1 Å². The summed E-state index contributed by atoms with van der Waals surface area (Å²) in [5, 5.41) is 0.857. The van der Waals surface area contributed by atoms with Crippen LogP contribution < -0.4 is 5.56 Å². The molecule has 0 aliphatic carbocycles. The normalized spacial score (nSPS) is 15.6. The van der Waals surface area contributed by atoms with Crippen LogP contribution in [0.15, 0.2) is 28.2 Å². The molecule has 1 aliphatic rings. The van der Waals surface area contributed by atoms with Gasteiger partial charge in [0.2, 0.25) is 0 Å². The Kier molecular flexibility index (Phi) is 10.5. The van der Waals surface area contributed by atoms with Gasteiger partial charge in [0, 0.05) is 30.4 Å². The van der Waals surface area contributed by atoms with Crippen molar-refractivity contribution in [1.82, 2.24) is 9.55 Å². The van der Waals surface area contributed by atoms with E-state index in [1.165, 1.54) is 11.8 Å². The number of hydrogen-bond acceptors (Lipinski definition) is 6. The van der Waals surface area contributed by atoms with Gasteiger partial charge in [0.25, 0.3) is 5.56 Å². The lowest BCUT2D eigenvalue weighted by Gasteiger charge is -2.22. The second-order valence-electron chi connectivity index (χ2n) is 8.73. The molecule has 33 heavy (non-hydrogen) atoms. The lowest BCUT2D eigenvalue weighted by atomic mass is 10.0. The maximum atomic E-state index is 13.1. The van der Waals surface area contributed by atoms with Gasteiger partial charge in [-0.3, -0.25) is 14.2 Å². The van der Waals surface area contributed by atoms with Crippen molar-refractivity contribution >= 4 is 40.2 Å². The molecule has 182 valence electrons. The summed E-state index contributed by atoms with van der Waals surface area (Å²) >= 11 is 8.11. The zero-order valence-corrected chi connectivity index (χ0v) is 21.3. The largest absolute Gasteiger partial charge is 0.465 e. The Labute approximate surface area is 205 Å². The molecule has 1 fully saturated rings. The maximum absolute atomic E-state index is 13.1. The Morgan fingerprint density at radius 1 is 1.33 bits per heavy atom. The van der Waals surface area contributed by atoms with Gasteiger partial charge >= 0.3 is 5.97 Å². The first-order valence-electron chi connectivity index (χ1n) is 12.1. The highest BCUT2D eigenvalue weighted by atomic mass is 35.5. The van der Waals surface area contributed by atoms with Crippen LogP contribution >= 0.6 is 23.4 Å². The molecule has 1 unspecified atom stereocenters. The van der Waals surface area contributed by atoms with Crippen LogP contribution in [0.3, 0.4) is 0 Å². The number of thioether (sulfide) groups is 1. The van der Waals surface area contributed by atoms with Crippen LogP contribution in [0.1, 0.15) is 58.8 Å². The average molecular weight is 495 g/mol. The number of carbonyl (C=O) groups excluding carboxylic acids is 1. The van der Waals surface area contributed by atoms with Gasteiger partial charge in [-0.15, -0.1) is 11.8 Å². The molecule has 1 aromatic carbocycles. The van der Waals surface area contributed by atoms with E-state index in [1.54, 1.807) is 10.9 Å². The smallest absolute Gasteiger partial charge is 0.306 e. The maximum Gasteiger partial charge on any atom is 0.306 e. The highest BCUT2D eigenvalue weighted by Gasteiger charge is 2.18. The molecule has 0 amide bonds. The molecule has 1 saturated heterocycles. The Morgan fingerprint density at radius 3 is 2.85 bits per heavy atom. The zero-order chi connectivity index (χ0) is 23.6. The average Bonchev–Trinajstić information content (AvgIpc) is 2.83. The van der Waals surface area contributed by atoms with Crippen molar-refractivity contribution in [2.75, 3.05) is 25.6 Å². The number of unbranched alkanes of at least 4 members (excludes halogenated alkanes) is 1. The third-order valence-electron chi connectivity index (χ3n) is 6.28. The molecule has 3 rings (SSSR count). The van der Waals surface area contributed by atoms with E-state index in [-0.39, 0.29) is 11.5 Å². The van der Waals surface area contributed by atoms with Crippen molar-refractivity contribution in [3.05, 3.63) is 33.8 Å². The number of esters is 1. The van der Waals surface area contributed by atoms with Crippen LogP contribution in [0.25, 0.3) is 10.9 Å². The highest BCUT2D eigenvalue weighted by molar-refractivity contribution is 7.99. The van der Waals surface area contributed by atoms with Gasteiger partial charge in [0.1, 0.15) is 0 Å². The number of hydrogen-bond donors (Lipinski definition) is 0. The number of carbonyl (C=O) groups is 1. The van der Waals surface area contributed by atoms with Crippen LogP contribution in [0.2, 0.25) is 5.02 Å². The Morgan fingerprint density at radius 2 is 2.12 bits per heavy atom. The van der Waals surface area contributed by atoms with E-state index in [0.29, 0.717) is 53.1 Å². The summed E-state index contributed by atoms with van der Waals surface area (Å²) in [6.07, 6.45) is 8.26. The molecule has 2 aromatic rings. The molecule has 0 radical (unpaired) electrons. The predicted octanol–water partition coefficient (Wildman–Crippen LogP) is 5.72. The first-order valence-corrected chi connectivity index (χ1v) is 13.4. The predicted molar refractivity (Wildman–Crippen MR) is 134 cm³/mol. The lowest BCUT2D eigenvalue weighted by Crippen LogP contribution is -2.27. The van der Waals surface area contributed by atoms with Crippen molar-refractivity contribution in [2.24, 2.45) is 11.8 Å². The Hall–Kier alpha value is -1.57. The van der Waals surface area contributed by atoms with E-state index >= 15 is 0 Å². The number of nitrogens with zero attached hydrogens (tertiary/aromatic N) is 2. The third kappa shape index (κ3) is 7.46. The minimum atomic E-state index is -0.185. The van der Waals surface area contributed by atoms with E-state index in [0.717, 1.165) is 56.6 Å². The lowest BCUT2D eigenvalue weighted by molar-refractivity contribution is -0.144. The molecule has 8 heteroatoms. The van der Waals surface area contributed by atoms with E-state index in [1.807, 2.05) is 12.1 Å². The van der Waals surface area contributed by atoms with E-state index in [9.17, 15) is 9.59 Å². The summed E-state index contributed by atoms with van der Waals surface area (Å²) in [6, 6.07) is 3.69. The second-order valence-corrected chi connectivity index (χ2v) is 10.2. The van der Waals surface area contributed by atoms with Crippen molar-refractivity contribution < 1.29 is 14.3 Å². The molecule has 0 N–H and O–H groups in total. The van der Waals surface area contributed by atoms with Gasteiger partial charge in [-0.1, -0.05) is 44.7 Å². The quantitative estimate of drug-likeness (QED) is 0.277. The molecule has 0 bridgehead atoms. The van der Waals surface area contributed by atoms with Crippen LogP contribution in [-0.4, -0.2) is 41.1 Å². The van der Waals surface area contributed by atoms with Gasteiger partial charge in [-0.2, -0.15) is 0 Å². The monoisotopic (exact) mass is 494 g/mol. The first kappa shape index (κ1) is 26.0. The number of benzene rings is 1. The van der Waals surface area contributed by atoms with Gasteiger partial charge in [-0.05, 0) is 43.2 Å². The number of rotatable bonds is 12. The van der Waals surface area contributed by atoms with Crippen molar-refractivity contribution in [3.63, 3.8) is 0 Å². The third-order valence-corrected chi connectivity index (χ3v) is 7.84. The minimum absolute atomic E-state index is 0.115. The summed E-state index contributed by atoms with van der Waals surface area (Å²) in [5.74, 6) is 1.21. The summed E-state index contributed by atoms with van der Waals surface area (Å²) < 4.78 is 12.6. The number of aromatic nitrogens is 2. The molecule has 6 nitrogen and oxygen atoms in total. The Balaban J connectivity index is 1.59. The minimum Gasteiger partial charge on any atom is -0.465 e. The van der Waals surface area contributed by atoms with Gasteiger partial charge in [-0.25, -0.2) is 4.98 Å². The van der Waals surface area contributed by atoms with Crippen molar-refractivity contribution in [2.45, 2.75) is 70.2 Å². The topological polar surface area (TPSA) is 70.4 Å². The van der Waals surface area contributed by atoms with E-state index in [2.05, 4.69) is 18.8 Å². The summed E-state index contributed by atoms with van der Waals surface area (Å²) in [7, 11) is 0. The van der Waals surface area contributed by atoms with Gasteiger partial charge in [0.15, 0.2) is 0 Å². The molecule has 0 spiro atoms. The molecule has 0 saturated carbocycles. The van der Waals surface area contributed by atoms with E-state index < -0.39 is 0 Å². The van der Waals surface area contributed by atoms with Gasteiger partial charge < -0.3 is 9.47 Å². The standard InChI is InChI=1S/C25H35ClN2O4S/c1-3-5-6-18(4-2)16-32-22(29)11-14-33-21-8-7-20-23(24(21)26)25(30)28(17-27-20)15-19-9-12-31-13-10-19/h7-8,17-19H,3-6,9-16H2,1-2H3. The van der Waals surface area contributed by atoms with Crippen LogP contribution in [0.5, 0.6) is 0 Å². The number of halogens is 1. The number of fused-ring (bicyclic) bond motifs is 1. The summed E-state index contributed by atoms with van der Waals surface area (Å²) in [5.41, 5.74) is 0.478. The fraction of sp³-hybridized carbons (Fsp3) is 0.640. The molecule has 1 atom stereocenters. The molecule has 1 aromatic heterocycles. The number of ether oxygens (including phenoxy) is 2. The molecule has 1 aliphatic heterocycles. The first-order chi connectivity index (χ1) is 16.0. The van der Waals surface area contributed by atoms with Crippen molar-refractivity contribution in [1.29, 1.82) is 0 Å². The van der Waals surface area contributed by atoms with Gasteiger partial charge in [0.05, 0.1) is 35.3 Å².